The van der Waals surface area contributed by atoms with Gasteiger partial charge in [-0.1, -0.05) is 42.8 Å². The number of hydrogen-bond acceptors (Lipinski definition) is 3. The average Bonchev–Trinajstić information content (AvgIpc) is 2.84. The van der Waals surface area contributed by atoms with E-state index >= 15 is 0 Å². The van der Waals surface area contributed by atoms with Crippen molar-refractivity contribution in [2.75, 3.05) is 0 Å². The molecule has 0 bridgehead atoms. The number of Topliss-reactive ketones (excluding diaryl/α,β-unsaturated/α-hetero) is 1. The first-order valence-electron chi connectivity index (χ1n) is 11.6. The van der Waals surface area contributed by atoms with Crippen molar-refractivity contribution in [2.45, 2.75) is 51.0 Å². The van der Waals surface area contributed by atoms with Gasteiger partial charge in [0.25, 0.3) is 0 Å². The number of allylic oxidation sites excluding steroid dienone is 1. The zero-order valence-corrected chi connectivity index (χ0v) is 18.2. The van der Waals surface area contributed by atoms with Gasteiger partial charge in [0, 0.05) is 11.1 Å². The Balaban J connectivity index is 1.48. The molecule has 1 N–H and O–H groups in total. The predicted octanol–water partition coefficient (Wildman–Crippen LogP) is 6.73. The van der Waals surface area contributed by atoms with Crippen molar-refractivity contribution in [1.29, 1.82) is 0 Å². The van der Waals surface area contributed by atoms with Crippen molar-refractivity contribution in [3.8, 4) is 11.5 Å². The molecule has 0 spiro atoms. The monoisotopic (exact) mass is 424 g/mol. The summed E-state index contributed by atoms with van der Waals surface area (Å²) in [6.45, 7) is 0. The van der Waals surface area contributed by atoms with Crippen molar-refractivity contribution >= 4 is 11.4 Å². The van der Waals surface area contributed by atoms with Crippen LogP contribution in [0.5, 0.6) is 11.5 Å². The Kier molecular flexibility index (Phi) is 5.81. The number of aromatic hydroxyl groups is 1. The van der Waals surface area contributed by atoms with Crippen LogP contribution in [0.1, 0.15) is 65.6 Å². The molecule has 0 saturated heterocycles. The minimum Gasteiger partial charge on any atom is -0.508 e. The van der Waals surface area contributed by atoms with Gasteiger partial charge in [0.1, 0.15) is 11.5 Å². The molecular weight excluding hydrogens is 396 g/mol. The molecule has 3 aromatic rings. The lowest BCUT2D eigenvalue weighted by molar-refractivity contribution is 0.103. The summed E-state index contributed by atoms with van der Waals surface area (Å²) < 4.78 is 6.14. The highest BCUT2D eigenvalue weighted by Gasteiger charge is 2.26. The number of fused-ring (bicyclic) bond motifs is 1. The molecule has 3 heteroatoms. The fourth-order valence-corrected chi connectivity index (χ4v) is 4.97. The maximum Gasteiger partial charge on any atom is 0.189 e. The van der Waals surface area contributed by atoms with Crippen LogP contribution in [0, 0.1) is 0 Å². The Hall–Kier alpha value is -3.33. The molecule has 2 aliphatic carbocycles. The molecule has 0 atom stereocenters. The summed E-state index contributed by atoms with van der Waals surface area (Å²) in [6.07, 6.45) is 7.68. The zero-order chi connectivity index (χ0) is 21.9. The van der Waals surface area contributed by atoms with Crippen LogP contribution >= 0.6 is 0 Å². The van der Waals surface area contributed by atoms with E-state index in [9.17, 15) is 9.90 Å². The van der Waals surface area contributed by atoms with Gasteiger partial charge >= 0.3 is 0 Å². The van der Waals surface area contributed by atoms with Crippen LogP contribution in [-0.4, -0.2) is 17.0 Å². The van der Waals surface area contributed by atoms with E-state index in [0.717, 1.165) is 52.8 Å². The number of aryl methyl sites for hydroxylation is 1. The van der Waals surface area contributed by atoms with Crippen LogP contribution in [0.3, 0.4) is 0 Å². The molecule has 0 unspecified atom stereocenters. The molecule has 1 fully saturated rings. The van der Waals surface area contributed by atoms with Crippen molar-refractivity contribution in [2.24, 2.45) is 0 Å². The van der Waals surface area contributed by atoms with E-state index in [1.165, 1.54) is 19.3 Å². The van der Waals surface area contributed by atoms with Gasteiger partial charge in [-0.2, -0.15) is 0 Å². The van der Waals surface area contributed by atoms with Crippen molar-refractivity contribution in [3.63, 3.8) is 0 Å². The average molecular weight is 425 g/mol. The summed E-state index contributed by atoms with van der Waals surface area (Å²) in [4.78, 5) is 13.6. The molecule has 3 aromatic carbocycles. The second-order valence-corrected chi connectivity index (χ2v) is 8.79. The van der Waals surface area contributed by atoms with Crippen molar-refractivity contribution in [3.05, 3.63) is 101 Å². The Labute approximate surface area is 189 Å². The summed E-state index contributed by atoms with van der Waals surface area (Å²) in [5.74, 6) is 1.17. The number of hydrogen-bond donors (Lipinski definition) is 1. The summed E-state index contributed by atoms with van der Waals surface area (Å²) >= 11 is 0. The van der Waals surface area contributed by atoms with Gasteiger partial charge in [0.2, 0.25) is 0 Å². The first-order chi connectivity index (χ1) is 15.7. The molecule has 3 nitrogen and oxygen atoms in total. The highest BCUT2D eigenvalue weighted by Crippen LogP contribution is 2.39. The van der Waals surface area contributed by atoms with E-state index in [0.29, 0.717) is 18.1 Å². The lowest BCUT2D eigenvalue weighted by atomic mass is 9.79. The molecule has 2 aliphatic rings. The smallest absolute Gasteiger partial charge is 0.189 e. The van der Waals surface area contributed by atoms with Crippen LogP contribution in [0.25, 0.3) is 5.57 Å². The van der Waals surface area contributed by atoms with Crippen molar-refractivity contribution < 1.29 is 14.6 Å². The number of benzene rings is 3. The molecular formula is C29H28O3. The molecule has 1 saturated carbocycles. The largest absolute Gasteiger partial charge is 0.508 e. The third-order valence-corrected chi connectivity index (χ3v) is 6.61. The number of rotatable bonds is 5. The van der Waals surface area contributed by atoms with E-state index in [1.807, 2.05) is 66.7 Å². The number of carbonyl (C=O) groups is 1. The quantitative estimate of drug-likeness (QED) is 0.462. The third-order valence-electron chi connectivity index (χ3n) is 6.61. The Morgan fingerprint density at radius 2 is 1.59 bits per heavy atom. The van der Waals surface area contributed by atoms with Crippen molar-refractivity contribution in [1.82, 2.24) is 0 Å². The number of carbonyl (C=O) groups excluding carboxylic acids is 1. The number of ketones is 1. The molecule has 0 heterocycles. The normalized spacial score (nSPS) is 16.5. The van der Waals surface area contributed by atoms with Crippen LogP contribution in [-0.2, 0) is 6.42 Å². The lowest BCUT2D eigenvalue weighted by Gasteiger charge is -2.24. The fourth-order valence-electron chi connectivity index (χ4n) is 4.97. The van der Waals surface area contributed by atoms with Crippen LogP contribution < -0.4 is 4.74 Å². The van der Waals surface area contributed by atoms with E-state index in [2.05, 4.69) is 0 Å². The highest BCUT2D eigenvalue weighted by molar-refractivity contribution is 6.15. The number of phenols is 1. The van der Waals surface area contributed by atoms with E-state index in [4.69, 9.17) is 4.74 Å². The predicted molar refractivity (Wildman–Crippen MR) is 127 cm³/mol. The lowest BCUT2D eigenvalue weighted by Crippen LogP contribution is -2.19. The molecule has 0 aliphatic heterocycles. The van der Waals surface area contributed by atoms with Gasteiger partial charge in [0.05, 0.1) is 6.10 Å². The van der Waals surface area contributed by atoms with E-state index in [-0.39, 0.29) is 11.5 Å². The molecule has 32 heavy (non-hydrogen) atoms. The first kappa shape index (κ1) is 20.6. The summed E-state index contributed by atoms with van der Waals surface area (Å²) in [7, 11) is 0. The van der Waals surface area contributed by atoms with Gasteiger partial charge in [-0.3, -0.25) is 4.79 Å². The molecule has 0 aromatic heterocycles. The van der Waals surface area contributed by atoms with Crippen LogP contribution in [0.2, 0.25) is 0 Å². The number of phenolic OH excluding ortho intramolecular Hbond substituents is 1. The molecule has 0 amide bonds. The van der Waals surface area contributed by atoms with Gasteiger partial charge < -0.3 is 9.84 Å². The maximum absolute atomic E-state index is 13.6. The van der Waals surface area contributed by atoms with Gasteiger partial charge in [-0.25, -0.2) is 0 Å². The number of ether oxygens (including phenoxy) is 1. The zero-order valence-electron chi connectivity index (χ0n) is 18.2. The van der Waals surface area contributed by atoms with Gasteiger partial charge in [-0.15, -0.1) is 0 Å². The minimum absolute atomic E-state index is 0.0618. The van der Waals surface area contributed by atoms with Gasteiger partial charge in [0.15, 0.2) is 5.78 Å². The Morgan fingerprint density at radius 3 is 2.34 bits per heavy atom. The molecule has 5 rings (SSSR count). The second-order valence-electron chi connectivity index (χ2n) is 8.79. The fraction of sp³-hybridized carbons (Fsp3) is 0.276. The Morgan fingerprint density at radius 1 is 0.844 bits per heavy atom. The van der Waals surface area contributed by atoms with Crippen LogP contribution in [0.4, 0.5) is 0 Å². The SMILES string of the molecule is O=C(C1=C(c2ccccc2)c2ccc(O)cc2CC1)c1ccc(OC2CCCCC2)cc1. The molecule has 0 radical (unpaired) electrons. The van der Waals surface area contributed by atoms with E-state index in [1.54, 1.807) is 6.07 Å². The first-order valence-corrected chi connectivity index (χ1v) is 11.6. The van der Waals surface area contributed by atoms with E-state index < -0.39 is 0 Å². The highest BCUT2D eigenvalue weighted by atomic mass is 16.5. The topological polar surface area (TPSA) is 46.5 Å². The maximum atomic E-state index is 13.6. The summed E-state index contributed by atoms with van der Waals surface area (Å²) in [5.41, 5.74) is 5.62. The summed E-state index contributed by atoms with van der Waals surface area (Å²) in [6, 6.07) is 23.2. The summed E-state index contributed by atoms with van der Waals surface area (Å²) in [5, 5.41) is 9.95. The Bertz CT molecular complexity index is 1140. The second kappa shape index (κ2) is 9.04. The molecule has 162 valence electrons. The minimum atomic E-state index is 0.0618. The van der Waals surface area contributed by atoms with Gasteiger partial charge in [-0.05, 0) is 97.2 Å². The third kappa shape index (κ3) is 4.20. The van der Waals surface area contributed by atoms with Crippen LogP contribution in [0.15, 0.2) is 78.4 Å². The standard InChI is InChI=1S/C29H28O3/c30-23-14-18-26-22(19-23)13-17-27(28(26)20-7-3-1-4-8-20)29(31)21-11-15-25(16-12-21)32-24-9-5-2-6-10-24/h1,3-4,7-8,11-12,14-16,18-19,24,30H,2,5-6,9-10,13,17H2.